The quantitative estimate of drug-likeness (QED) is 0.455. The van der Waals surface area contributed by atoms with Gasteiger partial charge in [-0.05, 0) is 0 Å². The summed E-state index contributed by atoms with van der Waals surface area (Å²) in [4.78, 5) is 0. The van der Waals surface area contributed by atoms with Gasteiger partial charge >= 0.3 is 6.11 Å². The van der Waals surface area contributed by atoms with Gasteiger partial charge in [-0.25, -0.2) is 4.39 Å². The molecule has 54 valence electrons. The van der Waals surface area contributed by atoms with Crippen LogP contribution in [0.5, 0.6) is 0 Å². The Hall–Kier alpha value is -0.380. The van der Waals surface area contributed by atoms with Crippen LogP contribution < -0.4 is 0 Å². The van der Waals surface area contributed by atoms with E-state index in [1.807, 2.05) is 0 Å². The molecule has 0 aromatic carbocycles. The Morgan fingerprint density at radius 3 is 2.22 bits per heavy atom. The summed E-state index contributed by atoms with van der Waals surface area (Å²) in [7, 11) is 0. The second kappa shape index (κ2) is 2.96. The molecule has 1 nitrogen and oxygen atoms in total. The highest BCUT2D eigenvalue weighted by Gasteiger charge is 2.40. The summed E-state index contributed by atoms with van der Waals surface area (Å²) in [6.07, 6.45) is -3.54. The number of halogens is 4. The third kappa shape index (κ3) is 2.60. The zero-order valence-corrected chi connectivity index (χ0v) is 5.04. The number of hydrogen-bond donors (Lipinski definition) is 0. The standard InChI is InChI=1S/C4H4ClF3O/c1-2-9-4(7,8)3(5)6/h2-3H,1H2. The fraction of sp³-hybridized carbons (Fsp3) is 0.500. The molecule has 0 aromatic heterocycles. The molecule has 0 rings (SSSR count). The molecule has 0 amide bonds. The molecule has 0 aromatic rings. The maximum Gasteiger partial charge on any atom is 0.444 e. The van der Waals surface area contributed by atoms with Crippen molar-refractivity contribution < 1.29 is 17.9 Å². The van der Waals surface area contributed by atoms with Gasteiger partial charge in [-0.2, -0.15) is 8.78 Å². The van der Waals surface area contributed by atoms with Crippen molar-refractivity contribution in [1.29, 1.82) is 0 Å². The molecule has 9 heavy (non-hydrogen) atoms. The van der Waals surface area contributed by atoms with Crippen molar-refractivity contribution in [3.8, 4) is 0 Å². The van der Waals surface area contributed by atoms with Crippen LogP contribution in [0.3, 0.4) is 0 Å². The average Bonchev–Trinajstić information content (AvgIpc) is 1.65. The van der Waals surface area contributed by atoms with Crippen molar-refractivity contribution >= 4 is 11.6 Å². The first-order chi connectivity index (χ1) is 4.00. The Morgan fingerprint density at radius 1 is 1.67 bits per heavy atom. The summed E-state index contributed by atoms with van der Waals surface area (Å²) < 4.78 is 38.4. The van der Waals surface area contributed by atoms with Gasteiger partial charge in [0, 0.05) is 0 Å². The van der Waals surface area contributed by atoms with Gasteiger partial charge in [0.25, 0.3) is 5.63 Å². The Labute approximate surface area is 55.1 Å². The van der Waals surface area contributed by atoms with Crippen molar-refractivity contribution in [3.63, 3.8) is 0 Å². The van der Waals surface area contributed by atoms with Gasteiger partial charge in [-0.1, -0.05) is 18.2 Å². The van der Waals surface area contributed by atoms with Crippen LogP contribution in [0.1, 0.15) is 0 Å². The monoisotopic (exact) mass is 160 g/mol. The lowest BCUT2D eigenvalue weighted by Gasteiger charge is -2.13. The zero-order valence-electron chi connectivity index (χ0n) is 4.28. The van der Waals surface area contributed by atoms with Crippen molar-refractivity contribution in [3.05, 3.63) is 12.8 Å². The van der Waals surface area contributed by atoms with Gasteiger partial charge in [0.2, 0.25) is 0 Å². The van der Waals surface area contributed by atoms with Crippen molar-refractivity contribution in [1.82, 2.24) is 0 Å². The minimum Gasteiger partial charge on any atom is -0.438 e. The van der Waals surface area contributed by atoms with E-state index in [1.54, 1.807) is 0 Å². The summed E-state index contributed by atoms with van der Waals surface area (Å²) in [5.41, 5.74) is -2.84. The second-order valence-corrected chi connectivity index (χ2v) is 1.53. The topological polar surface area (TPSA) is 9.23 Å². The number of hydrogen-bond acceptors (Lipinski definition) is 1. The molecule has 0 aliphatic rings. The largest absolute Gasteiger partial charge is 0.444 e. The second-order valence-electron chi connectivity index (χ2n) is 1.15. The first kappa shape index (κ1) is 8.62. The Morgan fingerprint density at radius 2 is 2.11 bits per heavy atom. The molecule has 0 saturated heterocycles. The molecule has 0 saturated carbocycles. The summed E-state index contributed by atoms with van der Waals surface area (Å²) >= 11 is 4.36. The molecule has 0 aliphatic heterocycles. The van der Waals surface area contributed by atoms with Gasteiger partial charge in [0.05, 0.1) is 6.26 Å². The van der Waals surface area contributed by atoms with Crippen molar-refractivity contribution in [2.24, 2.45) is 0 Å². The Balaban J connectivity index is 3.84. The van der Waals surface area contributed by atoms with E-state index in [4.69, 9.17) is 0 Å². The summed E-state index contributed by atoms with van der Waals surface area (Å²) in [5.74, 6) is 0. The lowest BCUT2D eigenvalue weighted by atomic mass is 10.7. The lowest BCUT2D eigenvalue weighted by Crippen LogP contribution is -2.26. The number of ether oxygens (including phenoxy) is 1. The highest BCUT2D eigenvalue weighted by atomic mass is 35.5. The molecule has 1 unspecified atom stereocenters. The summed E-state index contributed by atoms with van der Waals surface area (Å²) in [5, 5.41) is 0. The van der Waals surface area contributed by atoms with Crippen LogP contribution in [0.2, 0.25) is 0 Å². The summed E-state index contributed by atoms with van der Waals surface area (Å²) in [6.45, 7) is 2.80. The predicted molar refractivity (Wildman–Crippen MR) is 27.0 cm³/mol. The van der Waals surface area contributed by atoms with Crippen LogP contribution in [-0.4, -0.2) is 11.7 Å². The minimum atomic E-state index is -3.97. The van der Waals surface area contributed by atoms with E-state index in [0.29, 0.717) is 6.26 Å². The molecule has 1 atom stereocenters. The fourth-order valence-electron chi connectivity index (χ4n) is 0.163. The van der Waals surface area contributed by atoms with Crippen LogP contribution in [0.25, 0.3) is 0 Å². The van der Waals surface area contributed by atoms with Gasteiger partial charge < -0.3 is 4.74 Å². The first-order valence-corrected chi connectivity index (χ1v) is 2.39. The van der Waals surface area contributed by atoms with E-state index in [1.165, 1.54) is 0 Å². The maximum absolute atomic E-state index is 11.7. The maximum atomic E-state index is 11.7. The minimum absolute atomic E-state index is 0.426. The molecule has 0 fully saturated rings. The molecular weight excluding hydrogens is 156 g/mol. The number of rotatable bonds is 3. The number of alkyl halides is 4. The predicted octanol–water partition coefficient (Wildman–Crippen LogP) is 2.27. The van der Waals surface area contributed by atoms with Crippen LogP contribution in [-0.2, 0) is 4.74 Å². The molecule has 0 heterocycles. The zero-order chi connectivity index (χ0) is 7.49. The van der Waals surface area contributed by atoms with E-state index in [9.17, 15) is 13.2 Å². The summed E-state index contributed by atoms with van der Waals surface area (Å²) in [6, 6.07) is 0. The van der Waals surface area contributed by atoms with Crippen LogP contribution in [0, 0.1) is 0 Å². The molecule has 0 aliphatic carbocycles. The SMILES string of the molecule is C=COC(F)(F)C(F)Cl. The smallest absolute Gasteiger partial charge is 0.438 e. The van der Waals surface area contributed by atoms with Gasteiger partial charge in [-0.15, -0.1) is 0 Å². The van der Waals surface area contributed by atoms with Crippen molar-refractivity contribution in [2.75, 3.05) is 0 Å². The average molecular weight is 161 g/mol. The third-order valence-electron chi connectivity index (χ3n) is 0.495. The lowest BCUT2D eigenvalue weighted by molar-refractivity contribution is -0.224. The van der Waals surface area contributed by atoms with E-state index in [2.05, 4.69) is 22.9 Å². The van der Waals surface area contributed by atoms with Gasteiger partial charge in [-0.3, -0.25) is 0 Å². The van der Waals surface area contributed by atoms with Crippen LogP contribution >= 0.6 is 11.6 Å². The fourth-order valence-corrected chi connectivity index (χ4v) is 0.214. The Bertz CT molecular complexity index is 104. The Kier molecular flexibility index (Phi) is 2.84. The molecule has 0 radical (unpaired) electrons. The van der Waals surface area contributed by atoms with E-state index >= 15 is 0 Å². The highest BCUT2D eigenvalue weighted by Crippen LogP contribution is 2.25. The molecule has 5 heteroatoms. The van der Waals surface area contributed by atoms with Crippen LogP contribution in [0.4, 0.5) is 13.2 Å². The van der Waals surface area contributed by atoms with Gasteiger partial charge in [0.1, 0.15) is 0 Å². The molecule has 0 spiro atoms. The van der Waals surface area contributed by atoms with E-state index in [-0.39, 0.29) is 0 Å². The molecular formula is C4H4ClF3O. The highest BCUT2D eigenvalue weighted by molar-refractivity contribution is 6.20. The normalized spacial score (nSPS) is 14.7. The molecule has 0 bridgehead atoms. The molecule has 0 N–H and O–H groups in total. The van der Waals surface area contributed by atoms with Crippen molar-refractivity contribution in [2.45, 2.75) is 11.7 Å². The van der Waals surface area contributed by atoms with Gasteiger partial charge in [0.15, 0.2) is 0 Å². The van der Waals surface area contributed by atoms with E-state index < -0.39 is 11.7 Å². The third-order valence-corrected chi connectivity index (χ3v) is 0.749. The first-order valence-electron chi connectivity index (χ1n) is 1.95. The van der Waals surface area contributed by atoms with E-state index in [0.717, 1.165) is 0 Å². The van der Waals surface area contributed by atoms with Crippen LogP contribution in [0.15, 0.2) is 12.8 Å².